The van der Waals surface area contributed by atoms with E-state index in [1.54, 1.807) is 12.1 Å². The molecule has 0 aromatic carbocycles. The lowest BCUT2D eigenvalue weighted by Crippen LogP contribution is -2.27. The van der Waals surface area contributed by atoms with Crippen LogP contribution >= 0.6 is 0 Å². The molecule has 0 aliphatic carbocycles. The molecule has 17 heavy (non-hydrogen) atoms. The normalized spacial score (nSPS) is 16.0. The molecular formula is C12H12BN3O. The monoisotopic (exact) mass is 225 g/mol. The van der Waals surface area contributed by atoms with Gasteiger partial charge in [0.2, 0.25) is 5.88 Å². The van der Waals surface area contributed by atoms with E-state index in [1.807, 2.05) is 6.07 Å². The molecule has 0 radical (unpaired) electrons. The number of nitriles is 2. The maximum Gasteiger partial charge on any atom is 0.268 e. The van der Waals surface area contributed by atoms with Crippen LogP contribution in [0.2, 0.25) is 12.6 Å². The molecule has 1 aliphatic rings. The minimum absolute atomic E-state index is 0.153. The van der Waals surface area contributed by atoms with Gasteiger partial charge in [0.1, 0.15) is 6.07 Å². The highest BCUT2D eigenvalue weighted by molar-refractivity contribution is 6.67. The van der Waals surface area contributed by atoms with E-state index >= 15 is 0 Å². The van der Waals surface area contributed by atoms with E-state index in [9.17, 15) is 0 Å². The van der Waals surface area contributed by atoms with Crippen LogP contribution in [-0.4, -0.2) is 17.8 Å². The molecule has 0 N–H and O–H groups in total. The van der Waals surface area contributed by atoms with Crippen LogP contribution in [0.3, 0.4) is 0 Å². The summed E-state index contributed by atoms with van der Waals surface area (Å²) < 4.78 is 5.72. The van der Waals surface area contributed by atoms with Gasteiger partial charge in [0.15, 0.2) is 0 Å². The Hall–Kier alpha value is -2.01. The second-order valence-electron chi connectivity index (χ2n) is 4.22. The molecule has 0 spiro atoms. The summed E-state index contributed by atoms with van der Waals surface area (Å²) in [7, 11) is 0. The lowest BCUT2D eigenvalue weighted by Gasteiger charge is -2.23. The fourth-order valence-electron chi connectivity index (χ4n) is 2.00. The predicted molar refractivity (Wildman–Crippen MR) is 63.6 cm³/mol. The van der Waals surface area contributed by atoms with Gasteiger partial charge in [-0.15, -0.1) is 0 Å². The summed E-state index contributed by atoms with van der Waals surface area (Å²) >= 11 is 0. The summed E-state index contributed by atoms with van der Waals surface area (Å²) in [5.41, 5.74) is 0.533. The van der Waals surface area contributed by atoms with Gasteiger partial charge >= 0.3 is 0 Å². The van der Waals surface area contributed by atoms with Crippen molar-refractivity contribution in [1.29, 1.82) is 10.5 Å². The van der Waals surface area contributed by atoms with Gasteiger partial charge in [0.05, 0.1) is 11.7 Å². The summed E-state index contributed by atoms with van der Waals surface area (Å²) in [5, 5.41) is 17.4. The van der Waals surface area contributed by atoms with E-state index in [0.717, 1.165) is 25.5 Å². The minimum atomic E-state index is 0.153. The van der Waals surface area contributed by atoms with Crippen LogP contribution in [0, 0.1) is 22.6 Å². The van der Waals surface area contributed by atoms with Crippen molar-refractivity contribution in [1.82, 2.24) is 4.98 Å². The highest BCUT2D eigenvalue weighted by Crippen LogP contribution is 2.23. The summed E-state index contributed by atoms with van der Waals surface area (Å²) in [6, 6.07) is 5.43. The standard InChI is InChI=1S/C12H12BN3O/c14-7-10-1-2-12(16-8-10)17-11-3-5-13(9-15)6-4-11/h1-2,8,11H,3-6H2. The van der Waals surface area contributed by atoms with Crippen molar-refractivity contribution in [3.8, 4) is 17.9 Å². The summed E-state index contributed by atoms with van der Waals surface area (Å²) in [6.45, 7) is 0.184. The van der Waals surface area contributed by atoms with Crippen LogP contribution in [-0.2, 0) is 0 Å². The Kier molecular flexibility index (Phi) is 3.62. The fourth-order valence-corrected chi connectivity index (χ4v) is 2.00. The van der Waals surface area contributed by atoms with Crippen molar-refractivity contribution in [3.63, 3.8) is 0 Å². The van der Waals surface area contributed by atoms with Gasteiger partial charge < -0.3 is 4.74 Å². The molecule has 1 saturated heterocycles. The molecule has 1 fully saturated rings. The molecule has 84 valence electrons. The zero-order valence-corrected chi connectivity index (χ0v) is 9.47. The molecule has 0 unspecified atom stereocenters. The molecule has 1 aromatic heterocycles. The third-order valence-electron chi connectivity index (χ3n) is 3.01. The summed E-state index contributed by atoms with van der Waals surface area (Å²) in [4.78, 5) is 4.07. The molecule has 4 nitrogen and oxygen atoms in total. The number of aromatic nitrogens is 1. The van der Waals surface area contributed by atoms with Gasteiger partial charge in [-0.3, -0.25) is 0 Å². The zero-order valence-electron chi connectivity index (χ0n) is 9.47. The Morgan fingerprint density at radius 3 is 2.59 bits per heavy atom. The number of hydrogen-bond donors (Lipinski definition) is 0. The third kappa shape index (κ3) is 2.98. The van der Waals surface area contributed by atoms with E-state index < -0.39 is 0 Å². The van der Waals surface area contributed by atoms with Crippen molar-refractivity contribution >= 4 is 6.71 Å². The summed E-state index contributed by atoms with van der Waals surface area (Å²) in [5.74, 6) is 2.86. The van der Waals surface area contributed by atoms with Gasteiger partial charge in [-0.1, -0.05) is 12.6 Å². The van der Waals surface area contributed by atoms with Crippen molar-refractivity contribution in [2.45, 2.75) is 31.6 Å². The maximum atomic E-state index is 8.79. The van der Waals surface area contributed by atoms with Crippen LogP contribution in [0.4, 0.5) is 0 Å². The van der Waals surface area contributed by atoms with Crippen LogP contribution in [0.1, 0.15) is 18.4 Å². The Morgan fingerprint density at radius 2 is 2.06 bits per heavy atom. The van der Waals surface area contributed by atoms with Gasteiger partial charge in [0.25, 0.3) is 6.71 Å². The van der Waals surface area contributed by atoms with E-state index in [-0.39, 0.29) is 12.8 Å². The molecule has 1 aliphatic heterocycles. The zero-order chi connectivity index (χ0) is 12.1. The number of hydrogen-bond acceptors (Lipinski definition) is 4. The summed E-state index contributed by atoms with van der Waals surface area (Å²) in [6.07, 6.45) is 5.27. The Balaban J connectivity index is 1.89. The number of rotatable bonds is 2. The third-order valence-corrected chi connectivity index (χ3v) is 3.01. The molecule has 2 rings (SSSR count). The number of pyridine rings is 1. The largest absolute Gasteiger partial charge is 0.474 e. The first-order valence-corrected chi connectivity index (χ1v) is 5.74. The topological polar surface area (TPSA) is 69.7 Å². The second kappa shape index (κ2) is 5.36. The smallest absolute Gasteiger partial charge is 0.268 e. The molecule has 1 aromatic rings. The van der Waals surface area contributed by atoms with Crippen molar-refractivity contribution in [2.75, 3.05) is 0 Å². The molecule has 2 heterocycles. The lowest BCUT2D eigenvalue weighted by atomic mass is 9.42. The molecule has 0 saturated carbocycles. The molecule has 5 heteroatoms. The van der Waals surface area contributed by atoms with Crippen LogP contribution in [0.15, 0.2) is 18.3 Å². The quantitative estimate of drug-likeness (QED) is 0.722. The first kappa shape index (κ1) is 11.5. The Labute approximate surface area is 101 Å². The number of nitrogens with zero attached hydrogens (tertiary/aromatic N) is 3. The average molecular weight is 225 g/mol. The number of ether oxygens (including phenoxy) is 1. The Bertz CT molecular complexity index is 452. The van der Waals surface area contributed by atoms with Crippen LogP contribution in [0.5, 0.6) is 5.88 Å². The van der Waals surface area contributed by atoms with Gasteiger partial charge in [-0.05, 0) is 18.9 Å². The first-order valence-electron chi connectivity index (χ1n) is 5.74. The Morgan fingerprint density at radius 1 is 1.29 bits per heavy atom. The maximum absolute atomic E-state index is 8.79. The highest BCUT2D eigenvalue weighted by atomic mass is 16.5. The molecule has 0 atom stereocenters. The van der Waals surface area contributed by atoms with E-state index in [2.05, 4.69) is 11.0 Å². The van der Waals surface area contributed by atoms with E-state index in [4.69, 9.17) is 15.3 Å². The van der Waals surface area contributed by atoms with Gasteiger partial charge in [0, 0.05) is 18.2 Å². The molecular weight excluding hydrogens is 213 g/mol. The van der Waals surface area contributed by atoms with E-state index in [0.29, 0.717) is 11.4 Å². The molecule has 0 bridgehead atoms. The van der Waals surface area contributed by atoms with Gasteiger partial charge in [-0.25, -0.2) is 10.2 Å². The molecule has 0 amide bonds. The SMILES string of the molecule is N#CB1CCC(Oc2ccc(C#N)cn2)CC1. The van der Waals surface area contributed by atoms with Crippen LogP contribution < -0.4 is 4.74 Å². The minimum Gasteiger partial charge on any atom is -0.474 e. The van der Waals surface area contributed by atoms with Crippen molar-refractivity contribution in [3.05, 3.63) is 23.9 Å². The van der Waals surface area contributed by atoms with Crippen molar-refractivity contribution < 1.29 is 4.74 Å². The predicted octanol–water partition coefficient (Wildman–Crippen LogP) is 2.05. The second-order valence-corrected chi connectivity index (χ2v) is 4.22. The first-order chi connectivity index (χ1) is 8.31. The van der Waals surface area contributed by atoms with Gasteiger partial charge in [-0.2, -0.15) is 5.26 Å². The van der Waals surface area contributed by atoms with E-state index in [1.165, 1.54) is 6.20 Å². The average Bonchev–Trinajstić information content (AvgIpc) is 2.40. The fraction of sp³-hybridized carbons (Fsp3) is 0.417. The van der Waals surface area contributed by atoms with Crippen molar-refractivity contribution in [2.24, 2.45) is 0 Å². The lowest BCUT2D eigenvalue weighted by molar-refractivity contribution is 0.180. The van der Waals surface area contributed by atoms with Crippen LogP contribution in [0.25, 0.3) is 0 Å². The highest BCUT2D eigenvalue weighted by Gasteiger charge is 2.25.